The summed E-state index contributed by atoms with van der Waals surface area (Å²) in [6.07, 6.45) is 4.13. The summed E-state index contributed by atoms with van der Waals surface area (Å²) in [5.74, 6) is 5.95. The lowest BCUT2D eigenvalue weighted by Gasteiger charge is -2.25. The number of hydrogen-bond acceptors (Lipinski definition) is 2. The van der Waals surface area contributed by atoms with Gasteiger partial charge in [-0.05, 0) is 31.7 Å². The van der Waals surface area contributed by atoms with Crippen molar-refractivity contribution in [3.63, 3.8) is 0 Å². The molecule has 1 aromatic rings. The van der Waals surface area contributed by atoms with E-state index in [0.29, 0.717) is 6.04 Å². The summed E-state index contributed by atoms with van der Waals surface area (Å²) in [7, 11) is 0. The van der Waals surface area contributed by atoms with Gasteiger partial charge in [0.05, 0.1) is 0 Å². The Kier molecular flexibility index (Phi) is 4.00. The number of aromatic nitrogens is 1. The minimum atomic E-state index is 0.00116. The highest BCUT2D eigenvalue weighted by molar-refractivity contribution is 5.26. The van der Waals surface area contributed by atoms with Crippen molar-refractivity contribution in [3.05, 3.63) is 33.7 Å². The van der Waals surface area contributed by atoms with Crippen molar-refractivity contribution in [1.29, 1.82) is 0 Å². The third kappa shape index (κ3) is 2.98. The minimum Gasteiger partial charge on any atom is -0.326 e. The number of hydrogen-bond donors (Lipinski definition) is 2. The Morgan fingerprint density at radius 3 is 3.24 bits per heavy atom. The van der Waals surface area contributed by atoms with Crippen molar-refractivity contribution in [2.24, 2.45) is 0 Å². The van der Waals surface area contributed by atoms with Gasteiger partial charge in [-0.15, -0.1) is 11.8 Å². The number of rotatable bonds is 3. The molecule has 0 spiro atoms. The fourth-order valence-corrected chi connectivity index (χ4v) is 2.35. The van der Waals surface area contributed by atoms with E-state index in [1.807, 2.05) is 13.0 Å². The average molecular weight is 230 g/mol. The summed E-state index contributed by atoms with van der Waals surface area (Å²) in [5.41, 5.74) is 2.35. The van der Waals surface area contributed by atoms with Gasteiger partial charge in [-0.2, -0.15) is 0 Å². The Hall–Kier alpha value is -1.53. The van der Waals surface area contributed by atoms with Crippen LogP contribution in [0.15, 0.2) is 16.9 Å². The number of aryl methyl sites for hydroxylation is 1. The molecule has 1 aliphatic carbocycles. The first kappa shape index (κ1) is 11.9. The molecule has 3 heteroatoms. The molecule has 0 saturated carbocycles. The van der Waals surface area contributed by atoms with Crippen LogP contribution in [0.2, 0.25) is 0 Å². The lowest BCUT2D eigenvalue weighted by molar-refractivity contribution is 0.460. The van der Waals surface area contributed by atoms with Crippen LogP contribution in [-0.2, 0) is 6.42 Å². The smallest absolute Gasteiger partial charge is 0.248 e. The van der Waals surface area contributed by atoms with Gasteiger partial charge in [0.2, 0.25) is 5.56 Å². The first-order valence-corrected chi connectivity index (χ1v) is 6.16. The van der Waals surface area contributed by atoms with Gasteiger partial charge in [-0.3, -0.25) is 4.79 Å². The van der Waals surface area contributed by atoms with Gasteiger partial charge in [0, 0.05) is 30.8 Å². The van der Waals surface area contributed by atoms with Crippen LogP contribution in [0.4, 0.5) is 0 Å². The summed E-state index contributed by atoms with van der Waals surface area (Å²) in [6, 6.07) is 3.94. The molecule has 1 unspecified atom stereocenters. The topological polar surface area (TPSA) is 44.9 Å². The van der Waals surface area contributed by atoms with Gasteiger partial charge in [-0.25, -0.2) is 0 Å². The Morgan fingerprint density at radius 2 is 2.41 bits per heavy atom. The molecule has 2 N–H and O–H groups in total. The molecule has 0 aliphatic heterocycles. The van der Waals surface area contributed by atoms with E-state index >= 15 is 0 Å². The SMILES string of the molecule is CC#CCCNC1CCCc2[nH]c(=O)ccc21. The van der Waals surface area contributed by atoms with Crippen LogP contribution in [0.25, 0.3) is 0 Å². The monoisotopic (exact) mass is 230 g/mol. The number of aromatic amines is 1. The zero-order valence-electron chi connectivity index (χ0n) is 10.2. The Labute approximate surface area is 102 Å². The van der Waals surface area contributed by atoms with E-state index in [0.717, 1.165) is 37.9 Å². The lowest BCUT2D eigenvalue weighted by atomic mass is 9.91. The molecule has 0 amide bonds. The second-order valence-electron chi connectivity index (χ2n) is 4.33. The van der Waals surface area contributed by atoms with Crippen LogP contribution in [-0.4, -0.2) is 11.5 Å². The molecular formula is C14H18N2O. The third-order valence-corrected chi connectivity index (χ3v) is 3.15. The average Bonchev–Trinajstić information content (AvgIpc) is 2.34. The molecule has 3 nitrogen and oxygen atoms in total. The van der Waals surface area contributed by atoms with Crippen molar-refractivity contribution >= 4 is 0 Å². The molecular weight excluding hydrogens is 212 g/mol. The van der Waals surface area contributed by atoms with Crippen molar-refractivity contribution < 1.29 is 0 Å². The van der Waals surface area contributed by atoms with E-state index in [9.17, 15) is 4.79 Å². The second-order valence-corrected chi connectivity index (χ2v) is 4.33. The largest absolute Gasteiger partial charge is 0.326 e. The minimum absolute atomic E-state index is 0.00116. The van der Waals surface area contributed by atoms with Crippen LogP contribution >= 0.6 is 0 Å². The maximum Gasteiger partial charge on any atom is 0.248 e. The van der Waals surface area contributed by atoms with Gasteiger partial charge in [0.25, 0.3) is 0 Å². The zero-order chi connectivity index (χ0) is 12.1. The molecule has 17 heavy (non-hydrogen) atoms. The fourth-order valence-electron chi connectivity index (χ4n) is 2.35. The maximum atomic E-state index is 11.3. The molecule has 1 heterocycles. The van der Waals surface area contributed by atoms with Crippen LogP contribution in [0.5, 0.6) is 0 Å². The van der Waals surface area contributed by atoms with Gasteiger partial charge in [-0.1, -0.05) is 6.07 Å². The third-order valence-electron chi connectivity index (χ3n) is 3.15. The van der Waals surface area contributed by atoms with E-state index < -0.39 is 0 Å². The molecule has 1 atom stereocenters. The quantitative estimate of drug-likeness (QED) is 0.614. The molecule has 0 bridgehead atoms. The van der Waals surface area contributed by atoms with E-state index in [2.05, 4.69) is 22.1 Å². The first-order valence-electron chi connectivity index (χ1n) is 6.16. The summed E-state index contributed by atoms with van der Waals surface area (Å²) in [6.45, 7) is 2.77. The van der Waals surface area contributed by atoms with Crippen LogP contribution < -0.4 is 10.9 Å². The molecule has 90 valence electrons. The van der Waals surface area contributed by atoms with Gasteiger partial charge in [0.1, 0.15) is 0 Å². The number of H-pyrrole nitrogens is 1. The number of fused-ring (bicyclic) bond motifs is 1. The lowest BCUT2D eigenvalue weighted by Crippen LogP contribution is -2.27. The highest BCUT2D eigenvalue weighted by atomic mass is 16.1. The van der Waals surface area contributed by atoms with Crippen molar-refractivity contribution in [2.45, 2.75) is 38.6 Å². The van der Waals surface area contributed by atoms with Gasteiger partial charge >= 0.3 is 0 Å². The highest BCUT2D eigenvalue weighted by Gasteiger charge is 2.19. The van der Waals surface area contributed by atoms with Gasteiger partial charge in [0.15, 0.2) is 0 Å². The van der Waals surface area contributed by atoms with E-state index in [1.54, 1.807) is 6.07 Å². The molecule has 1 aliphatic rings. The molecule has 0 fully saturated rings. The van der Waals surface area contributed by atoms with Crippen molar-refractivity contribution in [3.8, 4) is 11.8 Å². The number of nitrogens with one attached hydrogen (secondary N) is 2. The second kappa shape index (κ2) is 5.70. The highest BCUT2D eigenvalue weighted by Crippen LogP contribution is 2.27. The molecule has 0 saturated heterocycles. The van der Waals surface area contributed by atoms with E-state index in [4.69, 9.17) is 0 Å². The summed E-state index contributed by atoms with van der Waals surface area (Å²) < 4.78 is 0. The maximum absolute atomic E-state index is 11.3. The predicted octanol–water partition coefficient (Wildman–Crippen LogP) is 1.76. The summed E-state index contributed by atoms with van der Waals surface area (Å²) in [5, 5.41) is 3.51. The number of pyridine rings is 1. The molecule has 2 rings (SSSR count). The molecule has 1 aromatic heterocycles. The molecule has 0 aromatic carbocycles. The van der Waals surface area contributed by atoms with Crippen molar-refractivity contribution in [1.82, 2.24) is 10.3 Å². The standard InChI is InChI=1S/C14H18N2O/c1-2-3-4-10-15-12-6-5-7-13-11(12)8-9-14(17)16-13/h8-9,12,15H,4-7,10H2,1H3,(H,16,17). The van der Waals surface area contributed by atoms with E-state index in [-0.39, 0.29) is 5.56 Å². The Balaban J connectivity index is 2.06. The Morgan fingerprint density at radius 1 is 1.53 bits per heavy atom. The zero-order valence-corrected chi connectivity index (χ0v) is 10.2. The Bertz CT molecular complexity index is 493. The predicted molar refractivity (Wildman–Crippen MR) is 68.8 cm³/mol. The molecule has 0 radical (unpaired) electrons. The van der Waals surface area contributed by atoms with Crippen LogP contribution in [0, 0.1) is 11.8 Å². The van der Waals surface area contributed by atoms with Crippen LogP contribution in [0.1, 0.15) is 43.5 Å². The first-order chi connectivity index (χ1) is 8.31. The summed E-state index contributed by atoms with van der Waals surface area (Å²) in [4.78, 5) is 14.2. The van der Waals surface area contributed by atoms with Crippen molar-refractivity contribution in [2.75, 3.05) is 6.54 Å². The van der Waals surface area contributed by atoms with Crippen LogP contribution in [0.3, 0.4) is 0 Å². The normalized spacial score (nSPS) is 18.1. The van der Waals surface area contributed by atoms with E-state index in [1.165, 1.54) is 5.56 Å². The van der Waals surface area contributed by atoms with Gasteiger partial charge < -0.3 is 10.3 Å². The summed E-state index contributed by atoms with van der Waals surface area (Å²) >= 11 is 0. The fraction of sp³-hybridized carbons (Fsp3) is 0.500.